The van der Waals surface area contributed by atoms with Crippen molar-refractivity contribution in [2.24, 2.45) is 5.92 Å². The van der Waals surface area contributed by atoms with Crippen molar-refractivity contribution in [2.75, 3.05) is 21.3 Å². The van der Waals surface area contributed by atoms with Crippen LogP contribution in [0.5, 0.6) is 11.5 Å². The fourth-order valence-electron chi connectivity index (χ4n) is 4.39. The third-order valence-corrected chi connectivity index (χ3v) is 8.77. The second-order valence-corrected chi connectivity index (χ2v) is 11.5. The maximum Gasteiger partial charge on any atom is 0.163 e. The number of ether oxygens (including phenoxy) is 3. The van der Waals surface area contributed by atoms with Crippen molar-refractivity contribution in [3.63, 3.8) is 0 Å². The molecule has 3 aromatic rings. The molecular formula is C24H27ClN6O5S. The van der Waals surface area contributed by atoms with Crippen molar-refractivity contribution in [1.82, 2.24) is 24.7 Å². The van der Waals surface area contributed by atoms with Crippen LogP contribution < -0.4 is 9.47 Å². The van der Waals surface area contributed by atoms with Crippen LogP contribution in [-0.4, -0.2) is 59.7 Å². The van der Waals surface area contributed by atoms with Crippen LogP contribution in [-0.2, 0) is 20.3 Å². The zero-order chi connectivity index (χ0) is 26.7. The van der Waals surface area contributed by atoms with Gasteiger partial charge in [-0.05, 0) is 31.9 Å². The first-order valence-corrected chi connectivity index (χ1v) is 13.6. The lowest BCUT2D eigenvalue weighted by Gasteiger charge is -2.30. The molecule has 0 N–H and O–H groups in total. The molecule has 2 heterocycles. The minimum atomic E-state index is -3.86. The summed E-state index contributed by atoms with van der Waals surface area (Å²) in [5.74, 6) is 1.30. The van der Waals surface area contributed by atoms with Crippen LogP contribution in [0.2, 0.25) is 5.02 Å². The quantitative estimate of drug-likeness (QED) is 0.371. The SMILES string of the molecule is COc1cccc(OC)c1-n1c(CS(=O)(=O)[C@@H](C)[C@H](OC)c2ncc(Cl)cn2)nnc1C1CC(C#N)C1. The van der Waals surface area contributed by atoms with Crippen molar-refractivity contribution < 1.29 is 22.6 Å². The highest BCUT2D eigenvalue weighted by Gasteiger charge is 2.38. The number of halogens is 1. The molecule has 0 amide bonds. The first kappa shape index (κ1) is 26.8. The Bertz CT molecular complexity index is 1380. The average molecular weight is 547 g/mol. The lowest BCUT2D eigenvalue weighted by atomic mass is 9.75. The summed E-state index contributed by atoms with van der Waals surface area (Å²) in [7, 11) is 0.574. The number of rotatable bonds is 10. The van der Waals surface area contributed by atoms with Crippen LogP contribution in [0.3, 0.4) is 0 Å². The minimum absolute atomic E-state index is 0.0603. The number of hydrogen-bond donors (Lipinski definition) is 0. The van der Waals surface area contributed by atoms with Crippen LogP contribution in [0.4, 0.5) is 0 Å². The predicted octanol–water partition coefficient (Wildman–Crippen LogP) is 3.44. The Morgan fingerprint density at radius 3 is 2.30 bits per heavy atom. The van der Waals surface area contributed by atoms with E-state index in [-0.39, 0.29) is 23.5 Å². The van der Waals surface area contributed by atoms with E-state index in [4.69, 9.17) is 25.8 Å². The van der Waals surface area contributed by atoms with E-state index in [0.29, 0.717) is 40.9 Å². The predicted molar refractivity (Wildman–Crippen MR) is 134 cm³/mol. The van der Waals surface area contributed by atoms with E-state index in [9.17, 15) is 13.7 Å². The van der Waals surface area contributed by atoms with Crippen molar-refractivity contribution in [3.05, 3.63) is 53.1 Å². The Labute approximate surface area is 220 Å². The third-order valence-electron chi connectivity index (χ3n) is 6.54. The molecule has 1 aromatic carbocycles. The monoisotopic (exact) mass is 546 g/mol. The summed E-state index contributed by atoms with van der Waals surface area (Å²) in [6, 6.07) is 7.54. The van der Waals surface area contributed by atoms with Gasteiger partial charge in [0.25, 0.3) is 0 Å². The number of aromatic nitrogens is 5. The minimum Gasteiger partial charge on any atom is -0.494 e. The zero-order valence-corrected chi connectivity index (χ0v) is 22.4. The van der Waals surface area contributed by atoms with Crippen molar-refractivity contribution >= 4 is 21.4 Å². The van der Waals surface area contributed by atoms with Crippen LogP contribution in [0, 0.1) is 17.2 Å². The normalized spacial score (nSPS) is 18.9. The second kappa shape index (κ2) is 11.0. The van der Waals surface area contributed by atoms with Crippen LogP contribution >= 0.6 is 11.6 Å². The van der Waals surface area contributed by atoms with Crippen LogP contribution in [0.1, 0.15) is 49.3 Å². The fraction of sp³-hybridized carbons (Fsp3) is 0.458. The van der Waals surface area contributed by atoms with E-state index in [1.807, 2.05) is 0 Å². The molecule has 1 saturated carbocycles. The van der Waals surface area contributed by atoms with Gasteiger partial charge in [0, 0.05) is 31.3 Å². The van der Waals surface area contributed by atoms with Crippen LogP contribution in [0.15, 0.2) is 30.6 Å². The zero-order valence-electron chi connectivity index (χ0n) is 20.8. The van der Waals surface area contributed by atoms with E-state index in [2.05, 4.69) is 26.2 Å². The summed E-state index contributed by atoms with van der Waals surface area (Å²) in [5.41, 5.74) is 0.495. The summed E-state index contributed by atoms with van der Waals surface area (Å²) in [4.78, 5) is 8.28. The molecule has 4 rings (SSSR count). The first-order chi connectivity index (χ1) is 17.7. The van der Waals surface area contributed by atoms with E-state index in [1.165, 1.54) is 40.6 Å². The third kappa shape index (κ3) is 5.25. The molecule has 0 unspecified atom stereocenters. The molecule has 0 bridgehead atoms. The number of methoxy groups -OCH3 is 3. The van der Waals surface area contributed by atoms with Gasteiger partial charge in [-0.25, -0.2) is 18.4 Å². The number of para-hydroxylation sites is 1. The Morgan fingerprint density at radius 2 is 1.76 bits per heavy atom. The van der Waals surface area contributed by atoms with Gasteiger partial charge in [-0.3, -0.25) is 4.57 Å². The highest BCUT2D eigenvalue weighted by molar-refractivity contribution is 7.91. The molecule has 11 nitrogen and oxygen atoms in total. The van der Waals surface area contributed by atoms with E-state index >= 15 is 0 Å². The van der Waals surface area contributed by atoms with Gasteiger partial charge in [0.05, 0.1) is 30.6 Å². The van der Waals surface area contributed by atoms with E-state index in [0.717, 1.165) is 0 Å². The van der Waals surface area contributed by atoms with Gasteiger partial charge in [-0.15, -0.1) is 10.2 Å². The molecule has 0 spiro atoms. The second-order valence-electron chi connectivity index (χ2n) is 8.74. The summed E-state index contributed by atoms with van der Waals surface area (Å²) in [5, 5.41) is 17.2. The highest BCUT2D eigenvalue weighted by Crippen LogP contribution is 2.44. The molecule has 13 heteroatoms. The first-order valence-electron chi connectivity index (χ1n) is 11.5. The van der Waals surface area contributed by atoms with Gasteiger partial charge in [0.15, 0.2) is 21.5 Å². The number of hydrogen-bond acceptors (Lipinski definition) is 10. The topological polar surface area (TPSA) is 142 Å². The highest BCUT2D eigenvalue weighted by atomic mass is 35.5. The summed E-state index contributed by atoms with van der Waals surface area (Å²) in [6.07, 6.45) is 3.06. The summed E-state index contributed by atoms with van der Waals surface area (Å²) < 4.78 is 45.6. The molecule has 0 aliphatic heterocycles. The standard InChI is InChI=1S/C24H27ClN6O5S/c1-14(22(36-4)23-27-11-17(25)12-28-23)37(32,33)13-20-29-30-24(16-8-15(9-16)10-26)31(20)21-18(34-2)6-5-7-19(21)35-3/h5-7,11-12,14-16,22H,8-9,13H2,1-4H3/t14-,15?,16?,22-/m0/s1. The molecule has 196 valence electrons. The van der Waals surface area contributed by atoms with Crippen molar-refractivity contribution in [3.8, 4) is 23.3 Å². The van der Waals surface area contributed by atoms with Crippen molar-refractivity contribution in [2.45, 2.75) is 42.8 Å². The van der Waals surface area contributed by atoms with Crippen molar-refractivity contribution in [1.29, 1.82) is 5.26 Å². The molecule has 1 fully saturated rings. The van der Waals surface area contributed by atoms with Gasteiger partial charge in [0.2, 0.25) is 0 Å². The number of nitrogens with zero attached hydrogens (tertiary/aromatic N) is 6. The smallest absolute Gasteiger partial charge is 0.163 e. The average Bonchev–Trinajstić information content (AvgIpc) is 3.25. The number of nitriles is 1. The van der Waals surface area contributed by atoms with Gasteiger partial charge in [0.1, 0.15) is 34.9 Å². The Morgan fingerprint density at radius 1 is 1.14 bits per heavy atom. The Balaban J connectivity index is 1.76. The Hall–Kier alpha value is -3.27. The van der Waals surface area contributed by atoms with Gasteiger partial charge in [-0.2, -0.15) is 5.26 Å². The molecule has 1 aliphatic carbocycles. The van der Waals surface area contributed by atoms with E-state index in [1.54, 1.807) is 22.8 Å². The summed E-state index contributed by atoms with van der Waals surface area (Å²) >= 11 is 5.88. The largest absolute Gasteiger partial charge is 0.494 e. The molecular weight excluding hydrogens is 520 g/mol. The molecule has 2 atom stereocenters. The van der Waals surface area contributed by atoms with Gasteiger partial charge < -0.3 is 14.2 Å². The number of sulfone groups is 1. The lowest BCUT2D eigenvalue weighted by molar-refractivity contribution is 0.0948. The molecule has 37 heavy (non-hydrogen) atoms. The molecule has 0 saturated heterocycles. The Kier molecular flexibility index (Phi) is 7.96. The maximum absolute atomic E-state index is 13.6. The molecule has 0 radical (unpaired) electrons. The fourth-order valence-corrected chi connectivity index (χ4v) is 5.91. The van der Waals surface area contributed by atoms with E-state index < -0.39 is 26.9 Å². The molecule has 1 aliphatic rings. The van der Waals surface area contributed by atoms with Gasteiger partial charge >= 0.3 is 0 Å². The number of benzene rings is 1. The van der Waals surface area contributed by atoms with Gasteiger partial charge in [-0.1, -0.05) is 17.7 Å². The summed E-state index contributed by atoms with van der Waals surface area (Å²) in [6.45, 7) is 1.54. The molecule has 2 aromatic heterocycles. The maximum atomic E-state index is 13.6. The van der Waals surface area contributed by atoms with Crippen LogP contribution in [0.25, 0.3) is 5.69 Å². The lowest BCUT2D eigenvalue weighted by Crippen LogP contribution is -2.30.